The summed E-state index contributed by atoms with van der Waals surface area (Å²) in [5, 5.41) is 4.24. The van der Waals surface area contributed by atoms with Gasteiger partial charge in [0, 0.05) is 24.5 Å². The van der Waals surface area contributed by atoms with Gasteiger partial charge in [0.1, 0.15) is 5.82 Å². The number of para-hydroxylation sites is 1. The Morgan fingerprint density at radius 3 is 2.89 bits per heavy atom. The van der Waals surface area contributed by atoms with E-state index in [9.17, 15) is 0 Å². The molecule has 100 valence electrons. The molecule has 1 aromatic heterocycles. The van der Waals surface area contributed by atoms with Crippen molar-refractivity contribution in [2.75, 3.05) is 17.2 Å². The van der Waals surface area contributed by atoms with Crippen LogP contribution in [-0.2, 0) is 13.0 Å². The van der Waals surface area contributed by atoms with Crippen molar-refractivity contribution in [3.8, 4) is 0 Å². The molecule has 1 unspecified atom stereocenters. The average molecular weight is 256 g/mol. The number of aromatic nitrogens is 2. The number of hydrogen-bond donors (Lipinski definition) is 1. The first kappa shape index (κ1) is 12.1. The fraction of sp³-hybridized carbons (Fsp3) is 0.400. The van der Waals surface area contributed by atoms with Gasteiger partial charge in [-0.3, -0.25) is 4.68 Å². The predicted molar refractivity (Wildman–Crippen MR) is 78.2 cm³/mol. The number of nitrogens with two attached hydrogens (primary N) is 1. The molecule has 0 fully saturated rings. The van der Waals surface area contributed by atoms with E-state index in [4.69, 9.17) is 5.73 Å². The van der Waals surface area contributed by atoms with Crippen molar-refractivity contribution in [1.29, 1.82) is 0 Å². The molecule has 0 spiro atoms. The van der Waals surface area contributed by atoms with E-state index in [1.54, 1.807) is 0 Å². The monoisotopic (exact) mass is 256 g/mol. The van der Waals surface area contributed by atoms with E-state index >= 15 is 0 Å². The van der Waals surface area contributed by atoms with E-state index in [1.165, 1.54) is 24.1 Å². The summed E-state index contributed by atoms with van der Waals surface area (Å²) in [6, 6.07) is 11.1. The van der Waals surface area contributed by atoms with E-state index in [0.29, 0.717) is 11.9 Å². The number of hydrogen-bond acceptors (Lipinski definition) is 3. The van der Waals surface area contributed by atoms with E-state index < -0.39 is 0 Å². The second-order valence-corrected chi connectivity index (χ2v) is 5.21. The Morgan fingerprint density at radius 1 is 1.26 bits per heavy atom. The number of aryl methyl sites for hydroxylation is 1. The maximum atomic E-state index is 5.65. The third-order valence-corrected chi connectivity index (χ3v) is 3.90. The minimum atomic E-state index is 0.586. The molecule has 0 saturated heterocycles. The van der Waals surface area contributed by atoms with Gasteiger partial charge in [-0.2, -0.15) is 5.10 Å². The molecule has 1 aromatic carbocycles. The second kappa shape index (κ2) is 4.96. The lowest BCUT2D eigenvalue weighted by Crippen LogP contribution is -2.39. The predicted octanol–water partition coefficient (Wildman–Crippen LogP) is 2.31. The van der Waals surface area contributed by atoms with Crippen LogP contribution < -0.4 is 10.6 Å². The van der Waals surface area contributed by atoms with Crippen LogP contribution in [0, 0.1) is 0 Å². The molecule has 0 saturated carbocycles. The van der Waals surface area contributed by atoms with Gasteiger partial charge in [0.15, 0.2) is 0 Å². The molecule has 0 aliphatic carbocycles. The van der Waals surface area contributed by atoms with Crippen molar-refractivity contribution >= 4 is 11.5 Å². The molecule has 2 N–H and O–H groups in total. The zero-order chi connectivity index (χ0) is 13.2. The van der Waals surface area contributed by atoms with Crippen molar-refractivity contribution in [3.05, 3.63) is 42.1 Å². The van der Waals surface area contributed by atoms with Gasteiger partial charge in [0.2, 0.25) is 0 Å². The van der Waals surface area contributed by atoms with Gasteiger partial charge in [0.25, 0.3) is 0 Å². The number of rotatable bonds is 3. The molecule has 4 heteroatoms. The molecule has 3 rings (SSSR count). The SMILES string of the molecule is CC1CCc2ccccc2N1CCn1ccc(N)n1. The molecule has 19 heavy (non-hydrogen) atoms. The van der Waals surface area contributed by atoms with Gasteiger partial charge in [-0.05, 0) is 37.5 Å². The molecule has 1 atom stereocenters. The van der Waals surface area contributed by atoms with Crippen LogP contribution in [0.5, 0.6) is 0 Å². The number of nitrogens with zero attached hydrogens (tertiary/aromatic N) is 3. The van der Waals surface area contributed by atoms with Crippen LogP contribution in [0.3, 0.4) is 0 Å². The van der Waals surface area contributed by atoms with Crippen molar-refractivity contribution in [3.63, 3.8) is 0 Å². The van der Waals surface area contributed by atoms with Crippen LogP contribution in [0.1, 0.15) is 18.9 Å². The maximum Gasteiger partial charge on any atom is 0.145 e. The quantitative estimate of drug-likeness (QED) is 0.916. The molecule has 1 aliphatic heterocycles. The Hall–Kier alpha value is -1.97. The Kier molecular flexibility index (Phi) is 3.15. The minimum absolute atomic E-state index is 0.586. The summed E-state index contributed by atoms with van der Waals surface area (Å²) in [7, 11) is 0. The van der Waals surface area contributed by atoms with Crippen LogP contribution in [0.15, 0.2) is 36.5 Å². The number of nitrogen functional groups attached to an aromatic ring is 1. The lowest BCUT2D eigenvalue weighted by molar-refractivity contribution is 0.518. The van der Waals surface area contributed by atoms with Crippen LogP contribution in [0.25, 0.3) is 0 Å². The fourth-order valence-electron chi connectivity index (χ4n) is 2.81. The molecule has 0 amide bonds. The van der Waals surface area contributed by atoms with Gasteiger partial charge in [-0.25, -0.2) is 0 Å². The number of benzene rings is 1. The normalized spacial score (nSPS) is 18.4. The van der Waals surface area contributed by atoms with Gasteiger partial charge in [-0.15, -0.1) is 0 Å². The lowest BCUT2D eigenvalue weighted by Gasteiger charge is -2.37. The largest absolute Gasteiger partial charge is 0.382 e. The zero-order valence-corrected chi connectivity index (χ0v) is 11.3. The van der Waals surface area contributed by atoms with Gasteiger partial charge in [0.05, 0.1) is 6.54 Å². The van der Waals surface area contributed by atoms with Gasteiger partial charge < -0.3 is 10.6 Å². The van der Waals surface area contributed by atoms with Crippen molar-refractivity contribution in [2.24, 2.45) is 0 Å². The van der Waals surface area contributed by atoms with E-state index in [0.717, 1.165) is 13.1 Å². The molecular formula is C15H20N4. The first-order valence-corrected chi connectivity index (χ1v) is 6.87. The Labute approximate surface area is 113 Å². The Balaban J connectivity index is 1.76. The fourth-order valence-corrected chi connectivity index (χ4v) is 2.81. The zero-order valence-electron chi connectivity index (χ0n) is 11.3. The highest BCUT2D eigenvalue weighted by Gasteiger charge is 2.22. The molecule has 1 aliphatic rings. The highest BCUT2D eigenvalue weighted by atomic mass is 15.3. The van der Waals surface area contributed by atoms with Crippen LogP contribution in [-0.4, -0.2) is 22.4 Å². The smallest absolute Gasteiger partial charge is 0.145 e. The van der Waals surface area contributed by atoms with Crippen molar-refractivity contribution in [1.82, 2.24) is 9.78 Å². The summed E-state index contributed by atoms with van der Waals surface area (Å²) < 4.78 is 1.92. The third-order valence-electron chi connectivity index (χ3n) is 3.90. The lowest BCUT2D eigenvalue weighted by atomic mass is 9.97. The van der Waals surface area contributed by atoms with Crippen molar-refractivity contribution < 1.29 is 0 Å². The molecule has 0 radical (unpaired) electrons. The van der Waals surface area contributed by atoms with Crippen LogP contribution in [0.4, 0.5) is 11.5 Å². The average Bonchev–Trinajstić information content (AvgIpc) is 2.83. The molecular weight excluding hydrogens is 236 g/mol. The van der Waals surface area contributed by atoms with E-state index in [2.05, 4.69) is 41.2 Å². The summed E-state index contributed by atoms with van der Waals surface area (Å²) in [4.78, 5) is 2.48. The first-order chi connectivity index (χ1) is 9.24. The molecule has 0 bridgehead atoms. The number of fused-ring (bicyclic) bond motifs is 1. The van der Waals surface area contributed by atoms with Crippen LogP contribution >= 0.6 is 0 Å². The Bertz CT molecular complexity index is 561. The molecule has 2 heterocycles. The summed E-state index contributed by atoms with van der Waals surface area (Å²) in [5.41, 5.74) is 8.48. The Morgan fingerprint density at radius 2 is 2.11 bits per heavy atom. The first-order valence-electron chi connectivity index (χ1n) is 6.87. The third kappa shape index (κ3) is 2.43. The van der Waals surface area contributed by atoms with Crippen molar-refractivity contribution in [2.45, 2.75) is 32.4 Å². The van der Waals surface area contributed by atoms with E-state index in [1.807, 2.05) is 16.9 Å². The second-order valence-electron chi connectivity index (χ2n) is 5.21. The summed E-state index contributed by atoms with van der Waals surface area (Å²) >= 11 is 0. The maximum absolute atomic E-state index is 5.65. The summed E-state index contributed by atoms with van der Waals surface area (Å²) in [6.45, 7) is 4.14. The summed E-state index contributed by atoms with van der Waals surface area (Å²) in [5.74, 6) is 0.590. The topological polar surface area (TPSA) is 47.1 Å². The number of anilines is 2. The minimum Gasteiger partial charge on any atom is -0.382 e. The highest BCUT2D eigenvalue weighted by Crippen LogP contribution is 2.30. The van der Waals surface area contributed by atoms with Crippen LogP contribution in [0.2, 0.25) is 0 Å². The van der Waals surface area contributed by atoms with Gasteiger partial charge in [-0.1, -0.05) is 18.2 Å². The van der Waals surface area contributed by atoms with E-state index in [-0.39, 0.29) is 0 Å². The standard InChI is InChI=1S/C15H20N4/c1-12-6-7-13-4-2-3-5-14(13)19(12)11-10-18-9-8-15(16)17-18/h2-5,8-9,12H,6-7,10-11H2,1H3,(H2,16,17). The molecule has 2 aromatic rings. The highest BCUT2D eigenvalue weighted by molar-refractivity contribution is 5.56. The molecule has 4 nitrogen and oxygen atoms in total. The van der Waals surface area contributed by atoms with Gasteiger partial charge >= 0.3 is 0 Å². The summed E-state index contributed by atoms with van der Waals surface area (Å²) in [6.07, 6.45) is 4.34.